The number of likely N-dealkylation sites (tertiary alicyclic amines) is 1. The molecule has 0 radical (unpaired) electrons. The highest BCUT2D eigenvalue weighted by Crippen LogP contribution is 2.31. The number of rotatable bonds is 7. The zero-order valence-corrected chi connectivity index (χ0v) is 15.0. The van der Waals surface area contributed by atoms with Crippen LogP contribution in [0.15, 0.2) is 24.7 Å². The largest absolute Gasteiger partial charge is 0.304 e. The van der Waals surface area contributed by atoms with Gasteiger partial charge < -0.3 is 4.90 Å². The van der Waals surface area contributed by atoms with Gasteiger partial charge in [0.1, 0.15) is 5.82 Å². The Morgan fingerprint density at radius 3 is 3.00 bits per heavy atom. The van der Waals surface area contributed by atoms with Crippen molar-refractivity contribution in [2.75, 3.05) is 20.6 Å². The lowest BCUT2D eigenvalue weighted by molar-refractivity contribution is 0.239. The summed E-state index contributed by atoms with van der Waals surface area (Å²) in [5, 5.41) is 4.45. The van der Waals surface area contributed by atoms with Crippen molar-refractivity contribution in [1.29, 1.82) is 0 Å². The van der Waals surface area contributed by atoms with Crippen LogP contribution in [0.2, 0.25) is 0 Å². The van der Waals surface area contributed by atoms with Crippen molar-refractivity contribution in [2.24, 2.45) is 0 Å². The van der Waals surface area contributed by atoms with Gasteiger partial charge in [0, 0.05) is 37.6 Å². The highest BCUT2D eigenvalue weighted by molar-refractivity contribution is 5.09. The quantitative estimate of drug-likeness (QED) is 0.781. The fraction of sp³-hybridized carbons (Fsp3) is 0.611. The smallest absolute Gasteiger partial charge is 0.145 e. The van der Waals surface area contributed by atoms with Crippen LogP contribution >= 0.6 is 0 Å². The van der Waals surface area contributed by atoms with Crippen LogP contribution in [-0.2, 0) is 19.6 Å². The van der Waals surface area contributed by atoms with Crippen LogP contribution in [0, 0.1) is 0 Å². The van der Waals surface area contributed by atoms with E-state index in [0.717, 1.165) is 50.5 Å². The molecule has 0 aromatic carbocycles. The van der Waals surface area contributed by atoms with Crippen molar-refractivity contribution in [2.45, 2.75) is 51.9 Å². The summed E-state index contributed by atoms with van der Waals surface area (Å²) in [6.45, 7) is 6.04. The molecule has 1 atom stereocenters. The molecule has 0 amide bonds. The molecule has 24 heavy (non-hydrogen) atoms. The van der Waals surface area contributed by atoms with Crippen LogP contribution < -0.4 is 0 Å². The van der Waals surface area contributed by atoms with E-state index in [-0.39, 0.29) is 0 Å². The molecule has 2 aromatic rings. The first kappa shape index (κ1) is 17.0. The van der Waals surface area contributed by atoms with E-state index < -0.39 is 0 Å². The minimum Gasteiger partial charge on any atom is -0.304 e. The molecule has 1 saturated heterocycles. The Morgan fingerprint density at radius 1 is 1.33 bits per heavy atom. The second-order valence-electron chi connectivity index (χ2n) is 6.88. The zero-order chi connectivity index (χ0) is 16.9. The second kappa shape index (κ2) is 7.85. The van der Waals surface area contributed by atoms with Crippen molar-refractivity contribution in [3.05, 3.63) is 41.7 Å². The van der Waals surface area contributed by atoms with Gasteiger partial charge in [0.15, 0.2) is 0 Å². The average molecular weight is 328 g/mol. The molecular weight excluding hydrogens is 300 g/mol. The minimum absolute atomic E-state index is 0.321. The van der Waals surface area contributed by atoms with Crippen molar-refractivity contribution in [3.8, 4) is 0 Å². The van der Waals surface area contributed by atoms with Crippen molar-refractivity contribution in [1.82, 2.24) is 29.5 Å². The van der Waals surface area contributed by atoms with Crippen LogP contribution in [-0.4, -0.2) is 50.2 Å². The maximum atomic E-state index is 4.81. The average Bonchev–Trinajstić information content (AvgIpc) is 3.17. The molecule has 1 aliphatic heterocycles. The van der Waals surface area contributed by atoms with Crippen molar-refractivity contribution in [3.63, 3.8) is 0 Å². The molecule has 1 aliphatic rings. The van der Waals surface area contributed by atoms with E-state index in [1.807, 2.05) is 23.1 Å². The molecule has 1 fully saturated rings. The fourth-order valence-corrected chi connectivity index (χ4v) is 3.37. The van der Waals surface area contributed by atoms with Gasteiger partial charge in [0.05, 0.1) is 17.9 Å². The first-order valence-corrected chi connectivity index (χ1v) is 8.87. The molecular formula is C18H28N6. The molecule has 3 heterocycles. The maximum Gasteiger partial charge on any atom is 0.145 e. The van der Waals surface area contributed by atoms with Gasteiger partial charge in [-0.05, 0) is 46.0 Å². The van der Waals surface area contributed by atoms with Crippen molar-refractivity contribution >= 4 is 0 Å². The van der Waals surface area contributed by atoms with E-state index in [2.05, 4.69) is 47.1 Å². The highest BCUT2D eigenvalue weighted by Gasteiger charge is 2.28. The molecule has 0 saturated carbocycles. The summed E-state index contributed by atoms with van der Waals surface area (Å²) in [7, 11) is 4.13. The summed E-state index contributed by atoms with van der Waals surface area (Å²) in [6, 6.07) is 2.33. The second-order valence-corrected chi connectivity index (χ2v) is 6.88. The first-order chi connectivity index (χ1) is 11.7. The summed E-state index contributed by atoms with van der Waals surface area (Å²) >= 11 is 0. The van der Waals surface area contributed by atoms with E-state index in [0.29, 0.717) is 6.04 Å². The molecule has 130 valence electrons. The standard InChI is InChI=1S/C18H28N6/c1-4-9-24-13-15(11-20-24)12-23-10-5-6-17(23)18-19-8-7-16(21-18)14-22(2)3/h7-8,11,13,17H,4-6,9-10,12,14H2,1-3H3/t17-/m1/s1. The lowest BCUT2D eigenvalue weighted by atomic mass is 10.2. The van der Waals surface area contributed by atoms with Gasteiger partial charge in [-0.3, -0.25) is 9.58 Å². The molecule has 2 aromatic heterocycles. The van der Waals surface area contributed by atoms with Gasteiger partial charge in [0.2, 0.25) is 0 Å². The number of hydrogen-bond donors (Lipinski definition) is 0. The fourth-order valence-electron chi connectivity index (χ4n) is 3.37. The monoisotopic (exact) mass is 328 g/mol. The third-order valence-electron chi connectivity index (χ3n) is 4.40. The Labute approximate surface area is 144 Å². The summed E-state index contributed by atoms with van der Waals surface area (Å²) in [6.07, 6.45) is 9.51. The summed E-state index contributed by atoms with van der Waals surface area (Å²) < 4.78 is 2.04. The normalized spacial score (nSPS) is 18.6. The summed E-state index contributed by atoms with van der Waals surface area (Å²) in [4.78, 5) is 14.0. The molecule has 6 nitrogen and oxygen atoms in total. The highest BCUT2D eigenvalue weighted by atomic mass is 15.3. The predicted octanol–water partition coefficient (Wildman–Crippen LogP) is 2.48. The van der Waals surface area contributed by atoms with Gasteiger partial charge in [-0.1, -0.05) is 6.92 Å². The predicted molar refractivity (Wildman–Crippen MR) is 94.3 cm³/mol. The molecule has 6 heteroatoms. The molecule has 0 aliphatic carbocycles. The Hall–Kier alpha value is -1.79. The minimum atomic E-state index is 0.321. The van der Waals surface area contributed by atoms with E-state index in [9.17, 15) is 0 Å². The Morgan fingerprint density at radius 2 is 2.21 bits per heavy atom. The SMILES string of the molecule is CCCn1cc(CN2CCC[C@@H]2c2nccc(CN(C)C)n2)cn1. The lowest BCUT2D eigenvalue weighted by Crippen LogP contribution is -2.24. The number of aryl methyl sites for hydroxylation is 1. The topological polar surface area (TPSA) is 50.1 Å². The van der Waals surface area contributed by atoms with E-state index in [1.54, 1.807) is 0 Å². The van der Waals surface area contributed by atoms with Gasteiger partial charge in [-0.2, -0.15) is 5.10 Å². The van der Waals surface area contributed by atoms with Gasteiger partial charge in [0.25, 0.3) is 0 Å². The zero-order valence-electron chi connectivity index (χ0n) is 15.0. The van der Waals surface area contributed by atoms with Crippen LogP contribution in [0.3, 0.4) is 0 Å². The van der Waals surface area contributed by atoms with Gasteiger partial charge in [-0.15, -0.1) is 0 Å². The first-order valence-electron chi connectivity index (χ1n) is 8.87. The summed E-state index contributed by atoms with van der Waals surface area (Å²) in [5.41, 5.74) is 2.37. The molecule has 0 bridgehead atoms. The van der Waals surface area contributed by atoms with E-state index in [4.69, 9.17) is 4.98 Å². The third-order valence-corrected chi connectivity index (χ3v) is 4.40. The number of nitrogens with zero attached hydrogens (tertiary/aromatic N) is 6. The molecule has 0 N–H and O–H groups in total. The van der Waals surface area contributed by atoms with Crippen LogP contribution in [0.4, 0.5) is 0 Å². The third kappa shape index (κ3) is 4.19. The Kier molecular flexibility index (Phi) is 5.58. The molecule has 0 unspecified atom stereocenters. The van der Waals surface area contributed by atoms with E-state index in [1.165, 1.54) is 12.0 Å². The maximum absolute atomic E-state index is 4.81. The van der Waals surface area contributed by atoms with Crippen LogP contribution in [0.1, 0.15) is 49.3 Å². The van der Waals surface area contributed by atoms with Crippen molar-refractivity contribution < 1.29 is 0 Å². The molecule has 3 rings (SSSR count). The van der Waals surface area contributed by atoms with Crippen LogP contribution in [0.25, 0.3) is 0 Å². The molecule has 0 spiro atoms. The Bertz CT molecular complexity index is 650. The lowest BCUT2D eigenvalue weighted by Gasteiger charge is -2.23. The van der Waals surface area contributed by atoms with E-state index >= 15 is 0 Å². The number of aromatic nitrogens is 4. The van der Waals surface area contributed by atoms with Gasteiger partial charge in [-0.25, -0.2) is 9.97 Å². The summed E-state index contributed by atoms with van der Waals surface area (Å²) in [5.74, 6) is 0.966. The van der Waals surface area contributed by atoms with Gasteiger partial charge >= 0.3 is 0 Å². The Balaban J connectivity index is 1.70. The van der Waals surface area contributed by atoms with Crippen LogP contribution in [0.5, 0.6) is 0 Å². The number of hydrogen-bond acceptors (Lipinski definition) is 5.